The summed E-state index contributed by atoms with van der Waals surface area (Å²) in [7, 11) is 1.56. The number of fused-ring (bicyclic) bond motifs is 1. The molecule has 6 heteroatoms. The number of methoxy groups -OCH3 is 1. The molecular weight excluding hydrogens is 340 g/mol. The van der Waals surface area contributed by atoms with Crippen LogP contribution in [0.5, 0.6) is 0 Å². The van der Waals surface area contributed by atoms with Crippen molar-refractivity contribution in [3.8, 4) is 17.3 Å². The Morgan fingerprint density at radius 3 is 2.74 bits per heavy atom. The lowest BCUT2D eigenvalue weighted by Crippen LogP contribution is -2.36. The summed E-state index contributed by atoms with van der Waals surface area (Å²) in [6, 6.07) is 17.2. The van der Waals surface area contributed by atoms with Crippen molar-refractivity contribution in [3.63, 3.8) is 0 Å². The number of imidazole rings is 1. The lowest BCUT2D eigenvalue weighted by Gasteiger charge is -2.12. The summed E-state index contributed by atoms with van der Waals surface area (Å²) in [6.45, 7) is 2.19. The summed E-state index contributed by atoms with van der Waals surface area (Å²) >= 11 is 0. The Balaban J connectivity index is 2.08. The molecule has 0 fully saturated rings. The summed E-state index contributed by atoms with van der Waals surface area (Å²) < 4.78 is 6.89. The summed E-state index contributed by atoms with van der Waals surface area (Å²) in [6.07, 6.45) is 3.44. The van der Waals surface area contributed by atoms with Gasteiger partial charge in [-0.2, -0.15) is 5.26 Å². The van der Waals surface area contributed by atoms with Gasteiger partial charge in [-0.05, 0) is 25.1 Å². The molecule has 1 aromatic carbocycles. The first-order valence-corrected chi connectivity index (χ1v) is 8.58. The Morgan fingerprint density at radius 1 is 1.30 bits per heavy atom. The molecule has 0 saturated carbocycles. The van der Waals surface area contributed by atoms with Gasteiger partial charge in [-0.25, -0.2) is 4.98 Å². The number of nitrogens with one attached hydrogen (secondary N) is 1. The largest absolute Gasteiger partial charge is 0.383 e. The molecule has 2 heterocycles. The van der Waals surface area contributed by atoms with E-state index in [-0.39, 0.29) is 11.6 Å². The average molecular weight is 360 g/mol. The van der Waals surface area contributed by atoms with Crippen LogP contribution in [0, 0.1) is 11.3 Å². The minimum atomic E-state index is -0.438. The first-order chi connectivity index (χ1) is 13.1. The molecule has 1 unspecified atom stereocenters. The van der Waals surface area contributed by atoms with Crippen molar-refractivity contribution in [3.05, 3.63) is 66.0 Å². The molecule has 3 aromatic rings. The number of nitriles is 1. The van der Waals surface area contributed by atoms with Crippen LogP contribution in [0.3, 0.4) is 0 Å². The number of pyridine rings is 1. The van der Waals surface area contributed by atoms with Crippen LogP contribution < -0.4 is 5.32 Å². The number of ether oxygens (including phenoxy) is 1. The van der Waals surface area contributed by atoms with Gasteiger partial charge in [0, 0.05) is 24.9 Å². The maximum atomic E-state index is 12.5. The van der Waals surface area contributed by atoms with E-state index in [1.54, 1.807) is 13.2 Å². The number of carbonyl (C=O) groups excluding carboxylic acids is 1. The minimum absolute atomic E-state index is 0.0146. The van der Waals surface area contributed by atoms with E-state index in [4.69, 9.17) is 4.74 Å². The van der Waals surface area contributed by atoms with Crippen LogP contribution in [0.25, 0.3) is 23.0 Å². The van der Waals surface area contributed by atoms with Crippen molar-refractivity contribution in [2.24, 2.45) is 0 Å². The van der Waals surface area contributed by atoms with Gasteiger partial charge in [0.2, 0.25) is 0 Å². The zero-order chi connectivity index (χ0) is 19.2. The monoisotopic (exact) mass is 360 g/mol. The third-order valence-corrected chi connectivity index (χ3v) is 4.05. The third-order valence-electron chi connectivity index (χ3n) is 4.05. The van der Waals surface area contributed by atoms with Crippen LogP contribution in [0.15, 0.2) is 60.3 Å². The summed E-state index contributed by atoms with van der Waals surface area (Å²) in [5.41, 5.74) is 3.07. The highest BCUT2D eigenvalue weighted by Gasteiger charge is 2.17. The van der Waals surface area contributed by atoms with Gasteiger partial charge in [0.15, 0.2) is 0 Å². The van der Waals surface area contributed by atoms with Gasteiger partial charge in [0.25, 0.3) is 5.91 Å². The van der Waals surface area contributed by atoms with Gasteiger partial charge in [0.1, 0.15) is 17.3 Å². The lowest BCUT2D eigenvalue weighted by molar-refractivity contribution is -0.117. The van der Waals surface area contributed by atoms with Crippen molar-refractivity contribution in [1.82, 2.24) is 14.7 Å². The van der Waals surface area contributed by atoms with Gasteiger partial charge in [-0.15, -0.1) is 0 Å². The van der Waals surface area contributed by atoms with Crippen molar-refractivity contribution < 1.29 is 9.53 Å². The number of carbonyl (C=O) groups is 1. The van der Waals surface area contributed by atoms with Crippen LogP contribution in [0.2, 0.25) is 0 Å². The molecule has 1 N–H and O–H groups in total. The molecule has 0 aliphatic carbocycles. The van der Waals surface area contributed by atoms with E-state index in [2.05, 4.69) is 10.3 Å². The van der Waals surface area contributed by atoms with Crippen molar-refractivity contribution in [2.75, 3.05) is 13.7 Å². The highest BCUT2D eigenvalue weighted by molar-refractivity contribution is 6.02. The Kier molecular flexibility index (Phi) is 5.64. The van der Waals surface area contributed by atoms with Gasteiger partial charge >= 0.3 is 0 Å². The van der Waals surface area contributed by atoms with Gasteiger partial charge < -0.3 is 10.1 Å². The highest BCUT2D eigenvalue weighted by Crippen LogP contribution is 2.26. The third kappa shape index (κ3) is 4.05. The molecule has 0 aliphatic rings. The van der Waals surface area contributed by atoms with E-state index in [1.165, 1.54) is 0 Å². The van der Waals surface area contributed by atoms with Crippen LogP contribution >= 0.6 is 0 Å². The number of nitrogens with zero attached hydrogens (tertiary/aromatic N) is 3. The summed E-state index contributed by atoms with van der Waals surface area (Å²) in [5.74, 6) is -0.438. The number of amides is 1. The molecule has 0 spiro atoms. The van der Waals surface area contributed by atoms with Crippen LogP contribution in [-0.2, 0) is 9.53 Å². The van der Waals surface area contributed by atoms with Crippen molar-refractivity contribution in [1.29, 1.82) is 5.26 Å². The van der Waals surface area contributed by atoms with Crippen LogP contribution in [-0.4, -0.2) is 35.1 Å². The molecular formula is C21H20N4O2. The fourth-order valence-electron chi connectivity index (χ4n) is 2.84. The Morgan fingerprint density at radius 2 is 2.04 bits per heavy atom. The maximum Gasteiger partial charge on any atom is 0.262 e. The molecule has 0 aliphatic heterocycles. The predicted molar refractivity (Wildman–Crippen MR) is 104 cm³/mol. The molecule has 0 saturated heterocycles. The first-order valence-electron chi connectivity index (χ1n) is 8.58. The molecule has 0 bridgehead atoms. The summed E-state index contributed by atoms with van der Waals surface area (Å²) in [5, 5.41) is 12.3. The fraction of sp³-hybridized carbons (Fsp3) is 0.190. The Bertz CT molecular complexity index is 1020. The van der Waals surface area contributed by atoms with E-state index < -0.39 is 5.91 Å². The van der Waals surface area contributed by atoms with E-state index in [0.717, 1.165) is 11.2 Å². The van der Waals surface area contributed by atoms with E-state index in [1.807, 2.05) is 72.1 Å². The Labute approximate surface area is 157 Å². The van der Waals surface area contributed by atoms with Gasteiger partial charge in [-0.3, -0.25) is 9.20 Å². The SMILES string of the molecule is COCC(C)NC(=O)C(C#N)=Cc1c(-c2ccccc2)nc2ccccn12. The van der Waals surface area contributed by atoms with Crippen molar-refractivity contribution in [2.45, 2.75) is 13.0 Å². The maximum absolute atomic E-state index is 12.5. The molecule has 0 radical (unpaired) electrons. The van der Waals surface area contributed by atoms with Crippen LogP contribution in [0.4, 0.5) is 0 Å². The molecule has 136 valence electrons. The number of benzene rings is 1. The Hall–Kier alpha value is -3.43. The van der Waals surface area contributed by atoms with Gasteiger partial charge in [-0.1, -0.05) is 36.4 Å². The molecule has 27 heavy (non-hydrogen) atoms. The second-order valence-corrected chi connectivity index (χ2v) is 6.14. The quantitative estimate of drug-likeness (QED) is 0.541. The van der Waals surface area contributed by atoms with Crippen LogP contribution in [0.1, 0.15) is 12.6 Å². The average Bonchev–Trinajstić information content (AvgIpc) is 3.05. The first kappa shape index (κ1) is 18.4. The highest BCUT2D eigenvalue weighted by atomic mass is 16.5. The summed E-state index contributed by atoms with van der Waals surface area (Å²) in [4.78, 5) is 17.2. The fourth-order valence-corrected chi connectivity index (χ4v) is 2.84. The van der Waals surface area contributed by atoms with E-state index in [9.17, 15) is 10.1 Å². The van der Waals surface area contributed by atoms with Gasteiger partial charge in [0.05, 0.1) is 18.0 Å². The lowest BCUT2D eigenvalue weighted by atomic mass is 10.1. The molecule has 2 aromatic heterocycles. The zero-order valence-electron chi connectivity index (χ0n) is 15.2. The number of hydrogen-bond donors (Lipinski definition) is 1. The standard InChI is InChI=1S/C21H20N4O2/c1-15(14-27-2)23-21(26)17(13-22)12-18-20(16-8-4-3-5-9-16)24-19-10-6-7-11-25(18)19/h3-12,15H,14H2,1-2H3,(H,23,26). The molecule has 3 rings (SSSR count). The second-order valence-electron chi connectivity index (χ2n) is 6.14. The smallest absolute Gasteiger partial charge is 0.262 e. The van der Waals surface area contributed by atoms with Crippen molar-refractivity contribution >= 4 is 17.6 Å². The molecule has 1 atom stereocenters. The zero-order valence-corrected chi connectivity index (χ0v) is 15.2. The minimum Gasteiger partial charge on any atom is -0.383 e. The number of hydrogen-bond acceptors (Lipinski definition) is 4. The normalized spacial score (nSPS) is 12.6. The molecule has 6 nitrogen and oxygen atoms in total. The predicted octanol–water partition coefficient (Wildman–Crippen LogP) is 3.06. The molecule has 1 amide bonds. The number of rotatable bonds is 6. The second kappa shape index (κ2) is 8.30. The number of aromatic nitrogens is 2. The van der Waals surface area contributed by atoms with E-state index in [0.29, 0.717) is 18.0 Å². The topological polar surface area (TPSA) is 79.4 Å². The van der Waals surface area contributed by atoms with E-state index >= 15 is 0 Å².